The number of benzene rings is 2. The number of aromatic nitrogens is 2. The van der Waals surface area contributed by atoms with E-state index in [0.29, 0.717) is 38.4 Å². The Labute approximate surface area is 251 Å². The standard InChI is InChI=1S/C29H28ClF2N7O4/c1-37-22(20-4-5-23(43-13-7-33)25(32)24(20)31)16-35-26(37)27(40)36-18-2-3-19(21(30)14-18)29(42)39-11-9-38(10-12-39)28(41)17-6-8-34-15-17/h2-5,14,16-17,34H,6,8-13,15H2,1H3,(H,36,40)/t17-/m1/s1. The van der Waals surface area contributed by atoms with Crippen LogP contribution in [0.4, 0.5) is 14.5 Å². The molecule has 2 saturated heterocycles. The third kappa shape index (κ3) is 6.16. The van der Waals surface area contributed by atoms with Gasteiger partial charge in [-0.25, -0.2) is 9.37 Å². The molecule has 0 saturated carbocycles. The van der Waals surface area contributed by atoms with Crippen molar-refractivity contribution in [3.05, 3.63) is 64.6 Å². The normalized spacial score (nSPS) is 16.6. The molecule has 1 atom stereocenters. The Morgan fingerprint density at radius 2 is 1.88 bits per heavy atom. The Kier molecular flexibility index (Phi) is 8.89. The van der Waals surface area contributed by atoms with Gasteiger partial charge in [-0.15, -0.1) is 0 Å². The molecule has 2 fully saturated rings. The molecule has 0 bridgehead atoms. The van der Waals surface area contributed by atoms with Gasteiger partial charge >= 0.3 is 0 Å². The second-order valence-electron chi connectivity index (χ2n) is 10.2. The summed E-state index contributed by atoms with van der Waals surface area (Å²) in [6.45, 7) is 2.77. The van der Waals surface area contributed by atoms with Gasteiger partial charge in [0.15, 0.2) is 24.0 Å². The monoisotopic (exact) mass is 611 g/mol. The van der Waals surface area contributed by atoms with E-state index < -0.39 is 29.9 Å². The molecule has 224 valence electrons. The van der Waals surface area contributed by atoms with Gasteiger partial charge in [-0.2, -0.15) is 9.65 Å². The Morgan fingerprint density at radius 3 is 2.56 bits per heavy atom. The van der Waals surface area contributed by atoms with E-state index in [0.717, 1.165) is 13.0 Å². The van der Waals surface area contributed by atoms with Crippen LogP contribution < -0.4 is 15.4 Å². The second-order valence-corrected chi connectivity index (χ2v) is 10.6. The van der Waals surface area contributed by atoms with Crippen molar-refractivity contribution in [2.75, 3.05) is 51.2 Å². The SMILES string of the molecule is Cn1c(-c2ccc(OCC#N)c(F)c2F)cnc1C(=O)Nc1ccc(C(=O)N2CCN(C(=O)[C@@H]3CCNC3)CC2)c(Cl)c1. The first-order chi connectivity index (χ1) is 20.7. The van der Waals surface area contributed by atoms with Gasteiger partial charge in [0.25, 0.3) is 11.8 Å². The molecule has 1 aromatic heterocycles. The first-order valence-corrected chi connectivity index (χ1v) is 14.0. The van der Waals surface area contributed by atoms with Gasteiger partial charge in [0.2, 0.25) is 11.7 Å². The summed E-state index contributed by atoms with van der Waals surface area (Å²) in [7, 11) is 1.47. The van der Waals surface area contributed by atoms with Gasteiger partial charge in [0.1, 0.15) is 6.07 Å². The molecule has 43 heavy (non-hydrogen) atoms. The van der Waals surface area contributed by atoms with Crippen LogP contribution in [0.1, 0.15) is 27.4 Å². The minimum atomic E-state index is -1.26. The first-order valence-electron chi connectivity index (χ1n) is 13.6. The van der Waals surface area contributed by atoms with Crippen molar-refractivity contribution >= 4 is 35.0 Å². The fourth-order valence-electron chi connectivity index (χ4n) is 5.20. The number of carbonyl (C=O) groups is 3. The van der Waals surface area contributed by atoms with Crippen LogP contribution in [-0.2, 0) is 11.8 Å². The van der Waals surface area contributed by atoms with Crippen molar-refractivity contribution in [3.8, 4) is 23.1 Å². The van der Waals surface area contributed by atoms with Gasteiger partial charge in [-0.05, 0) is 43.3 Å². The zero-order chi connectivity index (χ0) is 30.7. The molecule has 3 aromatic rings. The summed E-state index contributed by atoms with van der Waals surface area (Å²) in [5.41, 5.74) is 0.544. The molecule has 14 heteroatoms. The number of rotatable bonds is 7. The largest absolute Gasteiger partial charge is 0.476 e. The number of hydrogen-bond acceptors (Lipinski definition) is 7. The smallest absolute Gasteiger partial charge is 0.291 e. The number of piperazine rings is 1. The Bertz CT molecular complexity index is 1610. The number of halogens is 3. The molecule has 3 amide bonds. The average molecular weight is 612 g/mol. The predicted molar refractivity (Wildman–Crippen MR) is 153 cm³/mol. The second kappa shape index (κ2) is 12.8. The molecule has 2 aliphatic heterocycles. The summed E-state index contributed by atoms with van der Waals surface area (Å²) < 4.78 is 35.4. The number of nitrogens with zero attached hydrogens (tertiary/aromatic N) is 5. The number of nitriles is 1. The van der Waals surface area contributed by atoms with Crippen LogP contribution in [0.25, 0.3) is 11.3 Å². The van der Waals surface area contributed by atoms with Crippen molar-refractivity contribution in [2.24, 2.45) is 13.0 Å². The lowest BCUT2D eigenvalue weighted by atomic mass is 10.1. The number of ether oxygens (including phenoxy) is 1. The Balaban J connectivity index is 1.23. The molecule has 0 unspecified atom stereocenters. The number of carbonyl (C=O) groups excluding carboxylic acids is 3. The fraction of sp³-hybridized carbons (Fsp3) is 0.345. The van der Waals surface area contributed by atoms with Crippen LogP contribution in [0.5, 0.6) is 5.75 Å². The zero-order valence-corrected chi connectivity index (χ0v) is 24.0. The maximum Gasteiger partial charge on any atom is 0.291 e. The maximum absolute atomic E-state index is 14.8. The van der Waals surface area contributed by atoms with E-state index in [1.807, 2.05) is 0 Å². The highest BCUT2D eigenvalue weighted by molar-refractivity contribution is 6.34. The molecular weight excluding hydrogens is 584 g/mol. The molecule has 2 aliphatic rings. The molecular formula is C29H28ClF2N7O4. The molecule has 2 aromatic carbocycles. The lowest BCUT2D eigenvalue weighted by Gasteiger charge is -2.36. The topological polar surface area (TPSA) is 133 Å². The summed E-state index contributed by atoms with van der Waals surface area (Å²) in [6, 6.07) is 8.63. The van der Waals surface area contributed by atoms with Gasteiger partial charge < -0.3 is 29.7 Å². The fourth-order valence-corrected chi connectivity index (χ4v) is 5.46. The van der Waals surface area contributed by atoms with E-state index in [1.54, 1.807) is 15.9 Å². The molecule has 2 N–H and O–H groups in total. The van der Waals surface area contributed by atoms with Crippen molar-refractivity contribution in [1.29, 1.82) is 5.26 Å². The average Bonchev–Trinajstić information content (AvgIpc) is 3.68. The van der Waals surface area contributed by atoms with Crippen LogP contribution in [0, 0.1) is 28.9 Å². The molecule has 11 nitrogen and oxygen atoms in total. The highest BCUT2D eigenvalue weighted by Gasteiger charge is 2.31. The number of amides is 3. The number of hydrogen-bond donors (Lipinski definition) is 2. The van der Waals surface area contributed by atoms with Crippen molar-refractivity contribution < 1.29 is 27.9 Å². The van der Waals surface area contributed by atoms with Crippen molar-refractivity contribution in [1.82, 2.24) is 24.7 Å². The van der Waals surface area contributed by atoms with E-state index in [9.17, 15) is 23.2 Å². The highest BCUT2D eigenvalue weighted by Crippen LogP contribution is 2.30. The molecule has 0 aliphatic carbocycles. The van der Waals surface area contributed by atoms with E-state index >= 15 is 0 Å². The Hall–Kier alpha value is -4.54. The quantitative estimate of drug-likeness (QED) is 0.420. The van der Waals surface area contributed by atoms with Gasteiger partial charge in [0.05, 0.1) is 28.4 Å². The van der Waals surface area contributed by atoms with E-state index in [2.05, 4.69) is 15.6 Å². The minimum Gasteiger partial charge on any atom is -0.476 e. The lowest BCUT2D eigenvalue weighted by molar-refractivity contribution is -0.136. The molecule has 0 spiro atoms. The van der Waals surface area contributed by atoms with E-state index in [-0.39, 0.29) is 45.4 Å². The Morgan fingerprint density at radius 1 is 1.14 bits per heavy atom. The van der Waals surface area contributed by atoms with Crippen molar-refractivity contribution in [3.63, 3.8) is 0 Å². The first kappa shape index (κ1) is 29.9. The van der Waals surface area contributed by atoms with Gasteiger partial charge in [0, 0.05) is 51.0 Å². The van der Waals surface area contributed by atoms with E-state index in [1.165, 1.54) is 48.1 Å². The summed E-state index contributed by atoms with van der Waals surface area (Å²) in [5.74, 6) is -3.78. The molecule has 0 radical (unpaired) electrons. The predicted octanol–water partition coefficient (Wildman–Crippen LogP) is 3.07. The van der Waals surface area contributed by atoms with E-state index in [4.69, 9.17) is 21.6 Å². The lowest BCUT2D eigenvalue weighted by Crippen LogP contribution is -2.52. The third-order valence-corrected chi connectivity index (χ3v) is 7.86. The number of nitrogens with one attached hydrogen (secondary N) is 2. The van der Waals surface area contributed by atoms with Crippen LogP contribution in [0.15, 0.2) is 36.5 Å². The minimum absolute atomic E-state index is 0.0107. The zero-order valence-electron chi connectivity index (χ0n) is 23.2. The number of imidazole rings is 1. The summed E-state index contributed by atoms with van der Waals surface area (Å²) in [6.07, 6.45) is 2.06. The van der Waals surface area contributed by atoms with Crippen LogP contribution in [0.3, 0.4) is 0 Å². The maximum atomic E-state index is 14.8. The van der Waals surface area contributed by atoms with Crippen LogP contribution in [0.2, 0.25) is 5.02 Å². The summed E-state index contributed by atoms with van der Waals surface area (Å²) in [5, 5.41) is 14.6. The van der Waals surface area contributed by atoms with Gasteiger partial charge in [-0.3, -0.25) is 14.4 Å². The third-order valence-electron chi connectivity index (χ3n) is 7.55. The molecule has 3 heterocycles. The summed E-state index contributed by atoms with van der Waals surface area (Å²) in [4.78, 5) is 46.3. The summed E-state index contributed by atoms with van der Waals surface area (Å²) >= 11 is 6.43. The number of anilines is 1. The van der Waals surface area contributed by atoms with Crippen LogP contribution in [-0.4, -0.2) is 82.9 Å². The van der Waals surface area contributed by atoms with Crippen LogP contribution >= 0.6 is 11.6 Å². The highest BCUT2D eigenvalue weighted by atomic mass is 35.5. The van der Waals surface area contributed by atoms with Crippen molar-refractivity contribution in [2.45, 2.75) is 6.42 Å². The molecule has 5 rings (SSSR count). The van der Waals surface area contributed by atoms with Gasteiger partial charge in [-0.1, -0.05) is 11.6 Å².